The minimum atomic E-state index is -0.616. The Bertz CT molecular complexity index is 830. The number of ether oxygens (including phenoxy) is 1. The van der Waals surface area contributed by atoms with Gasteiger partial charge in [-0.2, -0.15) is 0 Å². The fourth-order valence-electron chi connectivity index (χ4n) is 1.78. The molecule has 0 spiro atoms. The predicted octanol–water partition coefficient (Wildman–Crippen LogP) is 3.23. The zero-order chi connectivity index (χ0) is 17.7. The average Bonchev–Trinajstić information content (AvgIpc) is 3.02. The number of nitro groups is 2. The summed E-state index contributed by atoms with van der Waals surface area (Å²) in [6.45, 7) is 0. The fourth-order valence-corrected chi connectivity index (χ4v) is 2.51. The number of nitrogens with zero attached hydrogens (tertiary/aromatic N) is 2. The first-order valence-corrected chi connectivity index (χ1v) is 7.28. The maximum absolute atomic E-state index is 11.8. The van der Waals surface area contributed by atoms with E-state index >= 15 is 0 Å². The van der Waals surface area contributed by atoms with Crippen molar-refractivity contribution in [3.63, 3.8) is 0 Å². The first-order chi connectivity index (χ1) is 11.4. The summed E-state index contributed by atoms with van der Waals surface area (Å²) in [5.41, 5.74) is -0.0394. The number of thiophene rings is 1. The number of benzene rings is 1. The van der Waals surface area contributed by atoms with Crippen LogP contribution in [0, 0.1) is 20.2 Å². The normalized spacial score (nSPS) is 10.5. The summed E-state index contributed by atoms with van der Waals surface area (Å²) >= 11 is 0.929. The maximum Gasteiger partial charge on any atom is 0.324 e. The molecule has 1 N–H and O–H groups in total. The van der Waals surface area contributed by atoms with Crippen molar-refractivity contribution in [3.8, 4) is 5.75 Å². The van der Waals surface area contributed by atoms with Crippen molar-refractivity contribution in [2.75, 3.05) is 12.4 Å². The summed E-state index contributed by atoms with van der Waals surface area (Å²) in [5, 5.41) is 24.0. The highest BCUT2D eigenvalue weighted by Gasteiger charge is 2.15. The first-order valence-electron chi connectivity index (χ1n) is 6.46. The lowest BCUT2D eigenvalue weighted by molar-refractivity contribution is -0.385. The zero-order valence-corrected chi connectivity index (χ0v) is 13.1. The van der Waals surface area contributed by atoms with Crippen LogP contribution in [0.15, 0.2) is 36.4 Å². The van der Waals surface area contributed by atoms with Gasteiger partial charge in [0.15, 0.2) is 5.75 Å². The Morgan fingerprint density at radius 1 is 1.21 bits per heavy atom. The van der Waals surface area contributed by atoms with E-state index in [4.69, 9.17) is 4.74 Å². The second-order valence-electron chi connectivity index (χ2n) is 4.40. The number of nitro benzene ring substituents is 1. The molecule has 0 aliphatic carbocycles. The molecule has 0 aliphatic rings. The quantitative estimate of drug-likeness (QED) is 0.485. The molecule has 1 heterocycles. The van der Waals surface area contributed by atoms with Crippen LogP contribution < -0.4 is 10.1 Å². The second-order valence-corrected chi connectivity index (χ2v) is 5.49. The number of hydrogen-bond acceptors (Lipinski definition) is 7. The third kappa shape index (κ3) is 4.14. The van der Waals surface area contributed by atoms with E-state index < -0.39 is 15.8 Å². The number of anilines is 1. The number of nitrogens with one attached hydrogen (secondary N) is 1. The second kappa shape index (κ2) is 7.33. The Kier molecular flexibility index (Phi) is 5.22. The molecule has 0 aliphatic heterocycles. The van der Waals surface area contributed by atoms with E-state index in [9.17, 15) is 25.0 Å². The Labute approximate surface area is 139 Å². The Hall–Kier alpha value is -3.27. The molecule has 0 bridgehead atoms. The van der Waals surface area contributed by atoms with Gasteiger partial charge in [0.25, 0.3) is 0 Å². The Morgan fingerprint density at radius 2 is 1.96 bits per heavy atom. The third-order valence-electron chi connectivity index (χ3n) is 2.83. The molecule has 9 nitrogen and oxygen atoms in total. The van der Waals surface area contributed by atoms with Gasteiger partial charge in [-0.3, -0.25) is 25.0 Å². The molecule has 124 valence electrons. The highest BCUT2D eigenvalue weighted by atomic mass is 32.1. The van der Waals surface area contributed by atoms with Gasteiger partial charge in [0.05, 0.1) is 17.0 Å². The van der Waals surface area contributed by atoms with E-state index in [0.717, 1.165) is 11.3 Å². The number of carbonyl (C=O) groups excluding carboxylic acids is 1. The minimum absolute atomic E-state index is 0.0270. The van der Waals surface area contributed by atoms with Gasteiger partial charge in [0.1, 0.15) is 0 Å². The minimum Gasteiger partial charge on any atom is -0.490 e. The van der Waals surface area contributed by atoms with Crippen molar-refractivity contribution >= 4 is 39.7 Å². The number of carbonyl (C=O) groups is 1. The van der Waals surface area contributed by atoms with Gasteiger partial charge in [-0.1, -0.05) is 11.3 Å². The van der Waals surface area contributed by atoms with Crippen LogP contribution in [0.4, 0.5) is 16.4 Å². The van der Waals surface area contributed by atoms with Gasteiger partial charge in [-0.05, 0) is 24.3 Å². The van der Waals surface area contributed by atoms with Gasteiger partial charge in [0, 0.05) is 28.8 Å². The molecular weight excluding hydrogens is 338 g/mol. The highest BCUT2D eigenvalue weighted by Crippen LogP contribution is 2.29. The van der Waals surface area contributed by atoms with Crippen LogP contribution in [0.1, 0.15) is 4.88 Å². The van der Waals surface area contributed by atoms with E-state index in [-0.39, 0.29) is 22.1 Å². The SMILES string of the molecule is COc1ccc(NC(=O)/C=C/c2ccc([N+](=O)[O-])s2)cc1[N+](=O)[O-]. The number of amides is 1. The average molecular weight is 349 g/mol. The van der Waals surface area contributed by atoms with Crippen molar-refractivity contribution < 1.29 is 19.4 Å². The molecule has 0 fully saturated rings. The number of methoxy groups -OCH3 is 1. The van der Waals surface area contributed by atoms with Crippen LogP contribution in [-0.2, 0) is 4.79 Å². The van der Waals surface area contributed by atoms with Crippen molar-refractivity contribution in [2.45, 2.75) is 0 Å². The lowest BCUT2D eigenvalue weighted by atomic mass is 10.2. The molecule has 2 rings (SSSR count). The molecule has 0 atom stereocenters. The van der Waals surface area contributed by atoms with Crippen molar-refractivity contribution in [1.82, 2.24) is 0 Å². The maximum atomic E-state index is 11.8. The van der Waals surface area contributed by atoms with Gasteiger partial charge >= 0.3 is 10.7 Å². The summed E-state index contributed by atoms with van der Waals surface area (Å²) in [6, 6.07) is 6.88. The van der Waals surface area contributed by atoms with E-state index in [1.165, 1.54) is 49.6 Å². The van der Waals surface area contributed by atoms with Gasteiger partial charge in [0.2, 0.25) is 5.91 Å². The molecule has 2 aromatic rings. The molecular formula is C14H11N3O6S. The molecule has 24 heavy (non-hydrogen) atoms. The van der Waals surface area contributed by atoms with Crippen LogP contribution in [0.25, 0.3) is 6.08 Å². The van der Waals surface area contributed by atoms with E-state index in [0.29, 0.717) is 4.88 Å². The lowest BCUT2D eigenvalue weighted by Gasteiger charge is -2.05. The largest absolute Gasteiger partial charge is 0.490 e. The molecule has 0 saturated heterocycles. The van der Waals surface area contributed by atoms with Gasteiger partial charge < -0.3 is 10.1 Å². The molecule has 1 amide bonds. The lowest BCUT2D eigenvalue weighted by Crippen LogP contribution is -2.08. The van der Waals surface area contributed by atoms with Crippen molar-refractivity contribution in [1.29, 1.82) is 0 Å². The topological polar surface area (TPSA) is 125 Å². The van der Waals surface area contributed by atoms with Gasteiger partial charge in [-0.15, -0.1) is 0 Å². The van der Waals surface area contributed by atoms with Crippen LogP contribution in [0.2, 0.25) is 0 Å². The monoisotopic (exact) mass is 349 g/mol. The predicted molar refractivity (Wildman–Crippen MR) is 88.3 cm³/mol. The summed E-state index contributed by atoms with van der Waals surface area (Å²) < 4.78 is 4.87. The zero-order valence-electron chi connectivity index (χ0n) is 12.3. The van der Waals surface area contributed by atoms with Crippen molar-refractivity contribution in [3.05, 3.63) is 61.5 Å². The molecule has 1 aromatic carbocycles. The summed E-state index contributed by atoms with van der Waals surface area (Å²) in [6.07, 6.45) is 2.61. The summed E-state index contributed by atoms with van der Waals surface area (Å²) in [7, 11) is 1.31. The van der Waals surface area contributed by atoms with Crippen LogP contribution in [0.3, 0.4) is 0 Å². The fraction of sp³-hybridized carbons (Fsp3) is 0.0714. The Balaban J connectivity index is 2.08. The molecule has 1 aromatic heterocycles. The molecule has 10 heteroatoms. The standard InChI is InChI=1S/C14H11N3O6S/c1-23-12-5-2-9(8-11(12)16(19)20)15-13(18)6-3-10-4-7-14(24-10)17(21)22/h2-8H,1H3,(H,15,18)/b6-3+. The third-order valence-corrected chi connectivity index (χ3v) is 3.84. The van der Waals surface area contributed by atoms with Crippen LogP contribution >= 0.6 is 11.3 Å². The van der Waals surface area contributed by atoms with E-state index in [1.54, 1.807) is 0 Å². The first kappa shape index (κ1) is 17.1. The smallest absolute Gasteiger partial charge is 0.324 e. The van der Waals surface area contributed by atoms with Crippen LogP contribution in [-0.4, -0.2) is 22.9 Å². The molecule has 0 saturated carbocycles. The number of hydrogen-bond donors (Lipinski definition) is 1. The van der Waals surface area contributed by atoms with Crippen molar-refractivity contribution in [2.24, 2.45) is 0 Å². The number of rotatable bonds is 6. The van der Waals surface area contributed by atoms with E-state index in [1.807, 2.05) is 0 Å². The van der Waals surface area contributed by atoms with Gasteiger partial charge in [-0.25, -0.2) is 0 Å². The van der Waals surface area contributed by atoms with Crippen LogP contribution in [0.5, 0.6) is 5.75 Å². The molecule has 0 radical (unpaired) electrons. The molecule has 0 unspecified atom stereocenters. The Morgan fingerprint density at radius 3 is 2.54 bits per heavy atom. The van der Waals surface area contributed by atoms with E-state index in [2.05, 4.69) is 5.32 Å². The summed E-state index contributed by atoms with van der Waals surface area (Å²) in [5.74, 6) is -0.440. The summed E-state index contributed by atoms with van der Waals surface area (Å²) in [4.78, 5) is 32.8. The highest BCUT2D eigenvalue weighted by molar-refractivity contribution is 7.16.